The Morgan fingerprint density at radius 1 is 1.33 bits per heavy atom. The predicted octanol–water partition coefficient (Wildman–Crippen LogP) is 1.27. The van der Waals surface area contributed by atoms with E-state index in [1.165, 1.54) is 19.3 Å². The van der Waals surface area contributed by atoms with Crippen LogP contribution in [0.3, 0.4) is 0 Å². The van der Waals surface area contributed by atoms with Crippen LogP contribution in [0, 0.1) is 0 Å². The number of nitrogens with zero attached hydrogens (tertiary/aromatic N) is 1. The third kappa shape index (κ3) is 6.31. The highest BCUT2D eigenvalue weighted by Gasteiger charge is 2.02. The van der Waals surface area contributed by atoms with E-state index in [2.05, 4.69) is 11.9 Å². The molecule has 3 heteroatoms. The quantitative estimate of drug-likeness (QED) is 0.359. The lowest BCUT2D eigenvalue weighted by Crippen LogP contribution is -2.39. The van der Waals surface area contributed by atoms with Crippen molar-refractivity contribution < 1.29 is 0 Å². The van der Waals surface area contributed by atoms with Gasteiger partial charge in [-0.15, -0.1) is 0 Å². The Hall–Kier alpha value is -0.410. The first-order chi connectivity index (χ1) is 5.68. The van der Waals surface area contributed by atoms with Crippen molar-refractivity contribution in [2.75, 3.05) is 0 Å². The Morgan fingerprint density at radius 3 is 2.50 bits per heavy atom. The second-order valence-corrected chi connectivity index (χ2v) is 3.15. The fraction of sp³-hybridized carbons (Fsp3) is 0.889. The van der Waals surface area contributed by atoms with Gasteiger partial charge < -0.3 is 11.5 Å². The topological polar surface area (TPSA) is 64.4 Å². The average molecular weight is 171 g/mol. The molecule has 0 radical (unpaired) electrons. The van der Waals surface area contributed by atoms with Gasteiger partial charge in [-0.25, -0.2) is 0 Å². The SMILES string of the molecule is CCCCC/C=N/[C@@H](C)C(N)N. The lowest BCUT2D eigenvalue weighted by atomic mass is 10.2. The normalized spacial score (nSPS) is 14.4. The largest absolute Gasteiger partial charge is 0.314 e. The molecule has 0 spiro atoms. The number of rotatable bonds is 6. The minimum atomic E-state index is -0.326. The van der Waals surface area contributed by atoms with E-state index >= 15 is 0 Å². The first-order valence-electron chi connectivity index (χ1n) is 4.71. The van der Waals surface area contributed by atoms with Crippen LogP contribution in [0.4, 0.5) is 0 Å². The van der Waals surface area contributed by atoms with E-state index in [1.807, 2.05) is 13.1 Å². The van der Waals surface area contributed by atoms with E-state index < -0.39 is 0 Å². The van der Waals surface area contributed by atoms with E-state index in [9.17, 15) is 0 Å². The average Bonchev–Trinajstić information content (AvgIpc) is 2.03. The molecule has 0 aliphatic heterocycles. The number of nitrogens with two attached hydrogens (primary N) is 2. The van der Waals surface area contributed by atoms with Gasteiger partial charge in [-0.1, -0.05) is 19.8 Å². The van der Waals surface area contributed by atoms with Crippen LogP contribution in [0.5, 0.6) is 0 Å². The summed E-state index contributed by atoms with van der Waals surface area (Å²) in [6, 6.07) is 0.0478. The zero-order chi connectivity index (χ0) is 9.40. The zero-order valence-corrected chi connectivity index (χ0v) is 8.16. The Labute approximate surface area is 75.2 Å². The van der Waals surface area contributed by atoms with Crippen molar-refractivity contribution in [2.45, 2.75) is 51.7 Å². The molecule has 72 valence electrons. The number of unbranched alkanes of at least 4 members (excludes halogenated alkanes) is 3. The Kier molecular flexibility index (Phi) is 7.00. The van der Waals surface area contributed by atoms with Gasteiger partial charge in [0.05, 0.1) is 12.2 Å². The van der Waals surface area contributed by atoms with Gasteiger partial charge in [-0.2, -0.15) is 0 Å². The van der Waals surface area contributed by atoms with Crippen LogP contribution in [0.2, 0.25) is 0 Å². The minimum absolute atomic E-state index is 0.0478. The molecule has 0 saturated carbocycles. The van der Waals surface area contributed by atoms with E-state index in [1.54, 1.807) is 0 Å². The summed E-state index contributed by atoms with van der Waals surface area (Å²) in [4.78, 5) is 4.22. The van der Waals surface area contributed by atoms with Crippen LogP contribution in [0.1, 0.15) is 39.5 Å². The molecular formula is C9H21N3. The summed E-state index contributed by atoms with van der Waals surface area (Å²) in [5, 5.41) is 0. The molecule has 0 fully saturated rings. The van der Waals surface area contributed by atoms with Crippen molar-refractivity contribution in [3.05, 3.63) is 0 Å². The molecular weight excluding hydrogens is 150 g/mol. The molecule has 0 amide bonds. The van der Waals surface area contributed by atoms with Gasteiger partial charge >= 0.3 is 0 Å². The fourth-order valence-electron chi connectivity index (χ4n) is 0.826. The van der Waals surface area contributed by atoms with E-state index in [-0.39, 0.29) is 12.2 Å². The van der Waals surface area contributed by atoms with Crippen LogP contribution in [-0.4, -0.2) is 18.4 Å². The highest BCUT2D eigenvalue weighted by atomic mass is 14.9. The molecule has 0 aromatic carbocycles. The second-order valence-electron chi connectivity index (χ2n) is 3.15. The van der Waals surface area contributed by atoms with E-state index in [0.29, 0.717) is 0 Å². The molecule has 0 aliphatic rings. The van der Waals surface area contributed by atoms with Crippen LogP contribution >= 0.6 is 0 Å². The van der Waals surface area contributed by atoms with E-state index in [0.717, 1.165) is 6.42 Å². The molecule has 4 N–H and O–H groups in total. The van der Waals surface area contributed by atoms with Crippen molar-refractivity contribution in [1.29, 1.82) is 0 Å². The zero-order valence-electron chi connectivity index (χ0n) is 8.16. The molecule has 0 unspecified atom stereocenters. The summed E-state index contributed by atoms with van der Waals surface area (Å²) < 4.78 is 0. The van der Waals surface area contributed by atoms with Crippen LogP contribution in [0.15, 0.2) is 4.99 Å². The maximum Gasteiger partial charge on any atom is 0.0748 e. The lowest BCUT2D eigenvalue weighted by Gasteiger charge is -2.09. The number of hydrogen-bond donors (Lipinski definition) is 2. The van der Waals surface area contributed by atoms with Crippen molar-refractivity contribution in [3.63, 3.8) is 0 Å². The van der Waals surface area contributed by atoms with Gasteiger partial charge in [0.2, 0.25) is 0 Å². The van der Waals surface area contributed by atoms with Crippen LogP contribution in [-0.2, 0) is 0 Å². The molecule has 0 rings (SSSR count). The predicted molar refractivity (Wildman–Crippen MR) is 54.3 cm³/mol. The minimum Gasteiger partial charge on any atom is -0.314 e. The summed E-state index contributed by atoms with van der Waals surface area (Å²) in [7, 11) is 0. The molecule has 0 aromatic heterocycles. The molecule has 0 heterocycles. The van der Waals surface area contributed by atoms with Crippen molar-refractivity contribution in [3.8, 4) is 0 Å². The van der Waals surface area contributed by atoms with Gasteiger partial charge in [0.15, 0.2) is 0 Å². The summed E-state index contributed by atoms with van der Waals surface area (Å²) >= 11 is 0. The third-order valence-corrected chi connectivity index (χ3v) is 1.83. The van der Waals surface area contributed by atoms with Crippen molar-refractivity contribution >= 4 is 6.21 Å². The lowest BCUT2D eigenvalue weighted by molar-refractivity contribution is 0.582. The molecule has 12 heavy (non-hydrogen) atoms. The molecule has 1 atom stereocenters. The third-order valence-electron chi connectivity index (χ3n) is 1.83. The molecule has 0 bridgehead atoms. The number of hydrogen-bond acceptors (Lipinski definition) is 3. The van der Waals surface area contributed by atoms with Gasteiger partial charge in [0.25, 0.3) is 0 Å². The smallest absolute Gasteiger partial charge is 0.0748 e. The molecule has 0 aliphatic carbocycles. The first-order valence-corrected chi connectivity index (χ1v) is 4.71. The molecule has 3 nitrogen and oxygen atoms in total. The maximum atomic E-state index is 5.44. The van der Waals surface area contributed by atoms with Crippen LogP contribution < -0.4 is 11.5 Å². The summed E-state index contributed by atoms with van der Waals surface area (Å²) in [6.07, 6.45) is 6.40. The van der Waals surface area contributed by atoms with Gasteiger partial charge in [-0.3, -0.25) is 4.99 Å². The standard InChI is InChI=1S/C9H21N3/c1-3-4-5-6-7-12-8(2)9(10)11/h7-9H,3-6,10-11H2,1-2H3/b12-7+/t8-/m0/s1. The number of aliphatic imine (C=N–C) groups is 1. The van der Waals surface area contributed by atoms with Crippen LogP contribution in [0.25, 0.3) is 0 Å². The second kappa shape index (κ2) is 7.25. The highest BCUT2D eigenvalue weighted by molar-refractivity contribution is 5.57. The monoisotopic (exact) mass is 171 g/mol. The Morgan fingerprint density at radius 2 is 2.00 bits per heavy atom. The summed E-state index contributed by atoms with van der Waals surface area (Å²) in [6.45, 7) is 4.12. The summed E-state index contributed by atoms with van der Waals surface area (Å²) in [5.74, 6) is 0. The molecule has 0 aromatic rings. The van der Waals surface area contributed by atoms with Gasteiger partial charge in [0.1, 0.15) is 0 Å². The first kappa shape index (κ1) is 11.6. The van der Waals surface area contributed by atoms with Gasteiger partial charge in [0, 0.05) is 0 Å². The maximum absolute atomic E-state index is 5.44. The van der Waals surface area contributed by atoms with Crippen molar-refractivity contribution in [2.24, 2.45) is 16.5 Å². The highest BCUT2D eigenvalue weighted by Crippen LogP contribution is 1.97. The summed E-state index contributed by atoms with van der Waals surface area (Å²) in [5.41, 5.74) is 10.9. The van der Waals surface area contributed by atoms with Gasteiger partial charge in [-0.05, 0) is 26.0 Å². The Bertz CT molecular complexity index is 121. The van der Waals surface area contributed by atoms with E-state index in [4.69, 9.17) is 11.5 Å². The van der Waals surface area contributed by atoms with Crippen molar-refractivity contribution in [1.82, 2.24) is 0 Å². The molecule has 0 saturated heterocycles. The Balaban J connectivity index is 3.35. The fourth-order valence-corrected chi connectivity index (χ4v) is 0.826.